The predicted molar refractivity (Wildman–Crippen MR) is 129 cm³/mol. The minimum Gasteiger partial charge on any atom is -0.480 e. The van der Waals surface area contributed by atoms with Gasteiger partial charge >= 0.3 is 12.1 Å². The summed E-state index contributed by atoms with van der Waals surface area (Å²) in [6, 6.07) is 14.9. The minimum atomic E-state index is -1.17. The van der Waals surface area contributed by atoms with Gasteiger partial charge in [-0.2, -0.15) is 5.10 Å². The fourth-order valence-electron chi connectivity index (χ4n) is 4.27. The van der Waals surface area contributed by atoms with E-state index in [-0.39, 0.29) is 30.5 Å². The molecule has 10 nitrogen and oxygen atoms in total. The van der Waals surface area contributed by atoms with Gasteiger partial charge in [0.05, 0.1) is 5.69 Å². The van der Waals surface area contributed by atoms with Gasteiger partial charge < -0.3 is 20.1 Å². The van der Waals surface area contributed by atoms with Gasteiger partial charge in [0.1, 0.15) is 12.6 Å². The molecule has 0 fully saturated rings. The van der Waals surface area contributed by atoms with Crippen LogP contribution in [0.5, 0.6) is 0 Å². The molecule has 182 valence electrons. The van der Waals surface area contributed by atoms with E-state index in [1.807, 2.05) is 36.4 Å². The lowest BCUT2D eigenvalue weighted by molar-refractivity contribution is -0.139. The molecule has 0 spiro atoms. The highest BCUT2D eigenvalue weighted by atomic mass is 16.5. The molecule has 0 radical (unpaired) electrons. The first kappa shape index (κ1) is 24.0. The van der Waals surface area contributed by atoms with Crippen molar-refractivity contribution in [1.82, 2.24) is 20.0 Å². The lowest BCUT2D eigenvalue weighted by atomic mass is 9.98. The Labute approximate surface area is 202 Å². The molecule has 1 unspecified atom stereocenters. The summed E-state index contributed by atoms with van der Waals surface area (Å²) in [4.78, 5) is 38.5. The molecule has 2 amide bonds. The van der Waals surface area contributed by atoms with Crippen LogP contribution in [0.2, 0.25) is 0 Å². The van der Waals surface area contributed by atoms with Crippen molar-refractivity contribution >= 4 is 23.7 Å². The van der Waals surface area contributed by atoms with Crippen LogP contribution in [0.25, 0.3) is 11.1 Å². The molecular formula is C25H27N5O5. The Morgan fingerprint density at radius 3 is 2.26 bits per heavy atom. The van der Waals surface area contributed by atoms with E-state index >= 15 is 0 Å². The second-order valence-electron chi connectivity index (χ2n) is 8.64. The largest absolute Gasteiger partial charge is 0.480 e. The molecule has 4 rings (SSSR count). The highest BCUT2D eigenvalue weighted by Gasteiger charge is 2.30. The van der Waals surface area contributed by atoms with E-state index < -0.39 is 24.0 Å². The predicted octanol–water partition coefficient (Wildman–Crippen LogP) is 2.53. The van der Waals surface area contributed by atoms with E-state index in [2.05, 4.69) is 27.9 Å². The van der Waals surface area contributed by atoms with Gasteiger partial charge in [-0.15, -0.1) is 0 Å². The summed E-state index contributed by atoms with van der Waals surface area (Å²) in [5.41, 5.74) is 4.43. The second-order valence-corrected chi connectivity index (χ2v) is 8.64. The lowest BCUT2D eigenvalue weighted by Gasteiger charge is -2.18. The third-order valence-corrected chi connectivity index (χ3v) is 5.78. The van der Waals surface area contributed by atoms with E-state index in [9.17, 15) is 19.5 Å². The average molecular weight is 478 g/mol. The number of nitrogens with one attached hydrogen (secondary N) is 2. The fraction of sp³-hybridized carbons (Fsp3) is 0.280. The van der Waals surface area contributed by atoms with Crippen LogP contribution in [-0.2, 0) is 16.6 Å². The van der Waals surface area contributed by atoms with Gasteiger partial charge in [-0.1, -0.05) is 48.5 Å². The van der Waals surface area contributed by atoms with Gasteiger partial charge in [0.2, 0.25) is 0 Å². The van der Waals surface area contributed by atoms with E-state index in [0.29, 0.717) is 0 Å². The number of benzene rings is 2. The monoisotopic (exact) mass is 477 g/mol. The van der Waals surface area contributed by atoms with Crippen molar-refractivity contribution in [3.8, 4) is 11.1 Å². The van der Waals surface area contributed by atoms with Crippen LogP contribution >= 0.6 is 0 Å². The maximum absolute atomic E-state index is 12.7. The quantitative estimate of drug-likeness (QED) is 0.455. The third kappa shape index (κ3) is 5.17. The summed E-state index contributed by atoms with van der Waals surface area (Å²) in [5.74, 6) is -1.99. The topological polar surface area (TPSA) is 126 Å². The number of aromatic nitrogens is 2. The molecule has 3 N–H and O–H groups in total. The molecular weight excluding hydrogens is 450 g/mol. The van der Waals surface area contributed by atoms with E-state index in [1.165, 1.54) is 10.9 Å². The molecule has 1 atom stereocenters. The Hall–Kier alpha value is -4.18. The van der Waals surface area contributed by atoms with Gasteiger partial charge in [-0.25, -0.2) is 9.59 Å². The van der Waals surface area contributed by atoms with E-state index in [1.54, 1.807) is 26.0 Å². The molecule has 0 saturated carbocycles. The van der Waals surface area contributed by atoms with Crippen molar-refractivity contribution in [3.05, 3.63) is 71.5 Å². The molecule has 0 bridgehead atoms. The summed E-state index contributed by atoms with van der Waals surface area (Å²) in [7, 11) is 4.99. The number of hydrogen-bond acceptors (Lipinski definition) is 6. The first-order chi connectivity index (χ1) is 16.7. The number of anilines is 1. The van der Waals surface area contributed by atoms with Crippen molar-refractivity contribution in [1.29, 1.82) is 0 Å². The zero-order valence-corrected chi connectivity index (χ0v) is 19.7. The number of aryl methyl sites for hydroxylation is 1. The van der Waals surface area contributed by atoms with E-state index in [4.69, 9.17) is 4.74 Å². The Balaban J connectivity index is 1.44. The van der Waals surface area contributed by atoms with Crippen molar-refractivity contribution in [2.24, 2.45) is 7.05 Å². The number of amides is 2. The molecule has 1 aliphatic carbocycles. The number of nitrogens with zero attached hydrogens (tertiary/aromatic N) is 3. The maximum Gasteiger partial charge on any atom is 0.411 e. The molecule has 0 aliphatic heterocycles. The minimum absolute atomic E-state index is 0.100. The summed E-state index contributed by atoms with van der Waals surface area (Å²) in [5, 5.41) is 18.5. The molecule has 3 aromatic rings. The van der Waals surface area contributed by atoms with Gasteiger partial charge in [-0.3, -0.25) is 14.8 Å². The van der Waals surface area contributed by atoms with Crippen LogP contribution in [0.1, 0.15) is 27.5 Å². The van der Waals surface area contributed by atoms with Crippen LogP contribution < -0.4 is 10.6 Å². The average Bonchev–Trinajstić information content (AvgIpc) is 3.34. The summed E-state index contributed by atoms with van der Waals surface area (Å²) in [6.07, 6.45) is 0.718. The van der Waals surface area contributed by atoms with Crippen molar-refractivity contribution < 1.29 is 24.2 Å². The maximum atomic E-state index is 12.7. The molecule has 2 aromatic carbocycles. The van der Waals surface area contributed by atoms with Gasteiger partial charge in [0.25, 0.3) is 5.91 Å². The van der Waals surface area contributed by atoms with E-state index in [0.717, 1.165) is 22.3 Å². The molecule has 1 heterocycles. The Morgan fingerprint density at radius 2 is 1.69 bits per heavy atom. The first-order valence-corrected chi connectivity index (χ1v) is 11.1. The standard InChI is InChI=1S/C25H27N5O5/c1-29(2)12-21(24(32)33)26-23(31)22-20(13-30(3)28-22)27-25(34)35-14-19-17-10-6-4-8-15(17)16-9-5-7-11-18(16)19/h4-11,13,19,21H,12,14H2,1-3H3,(H,26,31)(H,27,34)(H,32,33). The van der Waals surface area contributed by atoms with Crippen LogP contribution in [0.4, 0.5) is 10.5 Å². The molecule has 35 heavy (non-hydrogen) atoms. The third-order valence-electron chi connectivity index (χ3n) is 5.78. The number of likely N-dealkylation sites (N-methyl/N-ethyl adjacent to an activating group) is 1. The first-order valence-electron chi connectivity index (χ1n) is 11.1. The number of hydrogen-bond donors (Lipinski definition) is 3. The highest BCUT2D eigenvalue weighted by Crippen LogP contribution is 2.44. The van der Waals surface area contributed by atoms with Crippen LogP contribution in [0.15, 0.2) is 54.7 Å². The summed E-state index contributed by atoms with van der Waals surface area (Å²) in [6.45, 7) is 0.217. The van der Waals surface area contributed by atoms with Crippen LogP contribution in [0, 0.1) is 0 Å². The summed E-state index contributed by atoms with van der Waals surface area (Å²) < 4.78 is 6.90. The number of aliphatic carboxylic acids is 1. The molecule has 10 heteroatoms. The highest BCUT2D eigenvalue weighted by molar-refractivity contribution is 6.02. The molecule has 0 saturated heterocycles. The van der Waals surface area contributed by atoms with Gasteiger partial charge in [0.15, 0.2) is 5.69 Å². The summed E-state index contributed by atoms with van der Waals surface area (Å²) >= 11 is 0. The smallest absolute Gasteiger partial charge is 0.411 e. The number of ether oxygens (including phenoxy) is 1. The second kappa shape index (κ2) is 9.98. The molecule has 1 aliphatic rings. The fourth-order valence-corrected chi connectivity index (χ4v) is 4.27. The zero-order chi connectivity index (χ0) is 25.1. The number of carboxylic acid groups (broad SMARTS) is 1. The van der Waals surface area contributed by atoms with Gasteiger partial charge in [0, 0.05) is 25.7 Å². The normalized spacial score (nSPS) is 13.1. The Morgan fingerprint density at radius 1 is 1.09 bits per heavy atom. The zero-order valence-electron chi connectivity index (χ0n) is 19.7. The number of rotatable bonds is 8. The molecule has 1 aromatic heterocycles. The lowest BCUT2D eigenvalue weighted by Crippen LogP contribution is -2.47. The van der Waals surface area contributed by atoms with Crippen molar-refractivity contribution in [2.75, 3.05) is 32.6 Å². The Bertz CT molecular complexity index is 1220. The van der Waals surface area contributed by atoms with Gasteiger partial charge in [-0.05, 0) is 36.3 Å². The van der Waals surface area contributed by atoms with Crippen molar-refractivity contribution in [2.45, 2.75) is 12.0 Å². The van der Waals surface area contributed by atoms with Crippen LogP contribution in [-0.4, -0.2) is 71.0 Å². The Kier molecular flexibility index (Phi) is 6.83. The number of carboxylic acids is 1. The van der Waals surface area contributed by atoms with Crippen molar-refractivity contribution in [3.63, 3.8) is 0 Å². The number of carbonyl (C=O) groups is 3. The number of carbonyl (C=O) groups excluding carboxylic acids is 2. The SMILES string of the molecule is CN(C)CC(NC(=O)c1nn(C)cc1NC(=O)OCC1c2ccccc2-c2ccccc21)C(=O)O. The van der Waals surface area contributed by atoms with Crippen LogP contribution in [0.3, 0.4) is 0 Å². The number of fused-ring (bicyclic) bond motifs is 3.